The maximum atomic E-state index is 11.8. The van der Waals surface area contributed by atoms with Gasteiger partial charge in [0.15, 0.2) is 6.61 Å². The third-order valence-electron chi connectivity index (χ3n) is 4.34. The molecule has 31 heavy (non-hydrogen) atoms. The summed E-state index contributed by atoms with van der Waals surface area (Å²) in [7, 11) is 0. The molecule has 0 saturated carbocycles. The maximum Gasteiger partial charge on any atom is 0.305 e. The van der Waals surface area contributed by atoms with E-state index in [-0.39, 0.29) is 31.3 Å². The second-order valence-electron chi connectivity index (χ2n) is 6.96. The highest BCUT2D eigenvalue weighted by Gasteiger charge is 2.09. The van der Waals surface area contributed by atoms with Gasteiger partial charge in [0.2, 0.25) is 5.91 Å². The van der Waals surface area contributed by atoms with Crippen molar-refractivity contribution in [1.29, 1.82) is 0 Å². The lowest BCUT2D eigenvalue weighted by Crippen LogP contribution is -2.43. The van der Waals surface area contributed by atoms with Crippen LogP contribution in [-0.4, -0.2) is 31.0 Å². The number of ether oxygens (including phenoxy) is 2. The van der Waals surface area contributed by atoms with Crippen molar-refractivity contribution in [2.45, 2.75) is 39.0 Å². The van der Waals surface area contributed by atoms with Crippen molar-refractivity contribution in [2.75, 3.05) is 13.2 Å². The van der Waals surface area contributed by atoms with Crippen LogP contribution in [0.5, 0.6) is 5.75 Å². The summed E-state index contributed by atoms with van der Waals surface area (Å²) < 4.78 is 11.5. The van der Waals surface area contributed by atoms with Crippen molar-refractivity contribution in [2.24, 2.45) is 0 Å². The zero-order valence-corrected chi connectivity index (χ0v) is 19.1. The molecule has 166 valence electrons. The van der Waals surface area contributed by atoms with Crippen molar-refractivity contribution in [3.05, 3.63) is 64.1 Å². The summed E-state index contributed by atoms with van der Waals surface area (Å²) in [5, 5.41) is 0. The molecule has 2 aromatic carbocycles. The van der Waals surface area contributed by atoms with E-state index in [0.29, 0.717) is 18.8 Å². The summed E-state index contributed by atoms with van der Waals surface area (Å²) >= 11 is 3.36. The summed E-state index contributed by atoms with van der Waals surface area (Å²) in [6.45, 7) is 2.00. The Labute approximate surface area is 190 Å². The summed E-state index contributed by atoms with van der Waals surface area (Å²) in [4.78, 5) is 35.3. The number of amides is 2. The molecule has 0 bridgehead atoms. The fraction of sp³-hybridized carbons (Fsp3) is 0.348. The Bertz CT molecular complexity index is 874. The molecule has 8 heteroatoms. The molecule has 0 fully saturated rings. The quantitative estimate of drug-likeness (QED) is 0.285. The molecule has 7 nitrogen and oxygen atoms in total. The van der Waals surface area contributed by atoms with Crippen LogP contribution in [0.2, 0.25) is 0 Å². The van der Waals surface area contributed by atoms with Gasteiger partial charge in [-0.1, -0.05) is 46.3 Å². The van der Waals surface area contributed by atoms with Gasteiger partial charge in [-0.05, 0) is 55.5 Å². The Morgan fingerprint density at radius 1 is 0.935 bits per heavy atom. The van der Waals surface area contributed by atoms with Crippen LogP contribution in [-0.2, 0) is 25.5 Å². The fourth-order valence-corrected chi connectivity index (χ4v) is 3.20. The Hall–Kier alpha value is -2.87. The van der Waals surface area contributed by atoms with Gasteiger partial charge in [-0.2, -0.15) is 0 Å². The van der Waals surface area contributed by atoms with Crippen LogP contribution >= 0.6 is 15.9 Å². The number of halogens is 1. The van der Waals surface area contributed by atoms with Gasteiger partial charge in [-0.3, -0.25) is 25.2 Å². The van der Waals surface area contributed by atoms with Gasteiger partial charge in [0.25, 0.3) is 5.91 Å². The van der Waals surface area contributed by atoms with Crippen LogP contribution < -0.4 is 15.6 Å². The molecule has 0 atom stereocenters. The molecule has 0 aliphatic carbocycles. The molecule has 0 saturated heterocycles. The van der Waals surface area contributed by atoms with E-state index in [4.69, 9.17) is 9.47 Å². The number of rotatable bonds is 11. The first-order valence-corrected chi connectivity index (χ1v) is 10.9. The smallest absolute Gasteiger partial charge is 0.305 e. The third kappa shape index (κ3) is 10.1. The van der Waals surface area contributed by atoms with E-state index in [1.807, 2.05) is 49.4 Å². The lowest BCUT2D eigenvalue weighted by Gasteiger charge is -2.10. The fourth-order valence-electron chi connectivity index (χ4n) is 2.73. The van der Waals surface area contributed by atoms with Crippen LogP contribution in [0.1, 0.15) is 36.8 Å². The lowest BCUT2D eigenvalue weighted by atomic mass is 10.1. The zero-order valence-electron chi connectivity index (χ0n) is 17.5. The molecule has 2 N–H and O–H groups in total. The number of hydrazine groups is 1. The van der Waals surface area contributed by atoms with E-state index in [2.05, 4.69) is 26.8 Å². The average Bonchev–Trinajstić information content (AvgIpc) is 2.75. The first-order chi connectivity index (χ1) is 14.9. The van der Waals surface area contributed by atoms with E-state index in [9.17, 15) is 14.4 Å². The normalized spacial score (nSPS) is 10.3. The average molecular weight is 491 g/mol. The molecule has 0 spiro atoms. The SMILES string of the molecule is Cc1cc(Br)ccc1OCC(=O)NNC(=O)CCCC(=O)OCCCc1ccccc1. The van der Waals surface area contributed by atoms with E-state index in [0.717, 1.165) is 22.9 Å². The van der Waals surface area contributed by atoms with Gasteiger partial charge in [0.1, 0.15) is 5.75 Å². The number of carbonyl (C=O) groups is 3. The van der Waals surface area contributed by atoms with Crippen molar-refractivity contribution in [3.63, 3.8) is 0 Å². The molecule has 0 aliphatic heterocycles. The van der Waals surface area contributed by atoms with Gasteiger partial charge in [-0.25, -0.2) is 0 Å². The first-order valence-electron chi connectivity index (χ1n) is 10.1. The molecule has 2 rings (SSSR count). The molecular formula is C23H27BrN2O5. The zero-order chi connectivity index (χ0) is 22.5. The maximum absolute atomic E-state index is 11.8. The van der Waals surface area contributed by atoms with Crippen molar-refractivity contribution >= 4 is 33.7 Å². The van der Waals surface area contributed by atoms with Gasteiger partial charge in [0.05, 0.1) is 6.61 Å². The highest BCUT2D eigenvalue weighted by molar-refractivity contribution is 9.10. The van der Waals surface area contributed by atoms with Crippen molar-refractivity contribution < 1.29 is 23.9 Å². The Balaban J connectivity index is 1.51. The van der Waals surface area contributed by atoms with Crippen LogP contribution in [0.4, 0.5) is 0 Å². The van der Waals surface area contributed by atoms with Gasteiger partial charge >= 0.3 is 5.97 Å². The highest BCUT2D eigenvalue weighted by Crippen LogP contribution is 2.21. The summed E-state index contributed by atoms with van der Waals surface area (Å²) in [6.07, 6.45) is 2.20. The van der Waals surface area contributed by atoms with E-state index in [1.54, 1.807) is 6.07 Å². The Morgan fingerprint density at radius 3 is 2.42 bits per heavy atom. The summed E-state index contributed by atoms with van der Waals surface area (Å²) in [5.41, 5.74) is 6.69. The van der Waals surface area contributed by atoms with Gasteiger partial charge in [0, 0.05) is 17.3 Å². The van der Waals surface area contributed by atoms with Crippen LogP contribution in [0, 0.1) is 6.92 Å². The van der Waals surface area contributed by atoms with E-state index in [1.165, 1.54) is 5.56 Å². The van der Waals surface area contributed by atoms with Gasteiger partial charge in [-0.15, -0.1) is 0 Å². The van der Waals surface area contributed by atoms with Crippen LogP contribution in [0.25, 0.3) is 0 Å². The first kappa shape index (κ1) is 24.4. The van der Waals surface area contributed by atoms with E-state index < -0.39 is 5.91 Å². The summed E-state index contributed by atoms with van der Waals surface area (Å²) in [5.74, 6) is -0.603. The predicted molar refractivity (Wildman–Crippen MR) is 120 cm³/mol. The largest absolute Gasteiger partial charge is 0.483 e. The molecule has 2 amide bonds. The summed E-state index contributed by atoms with van der Waals surface area (Å²) in [6, 6.07) is 15.4. The number of nitrogens with one attached hydrogen (secondary N) is 2. The van der Waals surface area contributed by atoms with Gasteiger partial charge < -0.3 is 9.47 Å². The molecule has 2 aromatic rings. The number of hydrogen-bond donors (Lipinski definition) is 2. The number of aryl methyl sites for hydroxylation is 2. The number of carbonyl (C=O) groups excluding carboxylic acids is 3. The minimum absolute atomic E-state index is 0.103. The molecule has 0 aromatic heterocycles. The molecule has 0 heterocycles. The molecule has 0 radical (unpaired) electrons. The highest BCUT2D eigenvalue weighted by atomic mass is 79.9. The molecule has 0 aliphatic rings. The van der Waals surface area contributed by atoms with E-state index >= 15 is 0 Å². The minimum Gasteiger partial charge on any atom is -0.483 e. The van der Waals surface area contributed by atoms with Crippen molar-refractivity contribution in [3.8, 4) is 5.75 Å². The van der Waals surface area contributed by atoms with Crippen LogP contribution in [0.15, 0.2) is 53.0 Å². The predicted octanol–water partition coefficient (Wildman–Crippen LogP) is 3.63. The minimum atomic E-state index is -0.478. The Morgan fingerprint density at radius 2 is 1.68 bits per heavy atom. The standard InChI is InChI=1S/C23H27BrN2O5/c1-17-15-19(24)12-13-20(17)31-16-22(28)26-25-21(27)10-5-11-23(29)30-14-6-9-18-7-3-2-4-8-18/h2-4,7-8,12-13,15H,5-6,9-11,14,16H2,1H3,(H,25,27)(H,26,28). The van der Waals surface area contributed by atoms with Crippen LogP contribution in [0.3, 0.4) is 0 Å². The number of esters is 1. The third-order valence-corrected chi connectivity index (χ3v) is 4.83. The number of hydrogen-bond acceptors (Lipinski definition) is 5. The Kier molecular flexibility index (Phi) is 10.6. The second kappa shape index (κ2) is 13.4. The topological polar surface area (TPSA) is 93.7 Å². The number of benzene rings is 2. The second-order valence-corrected chi connectivity index (χ2v) is 7.87. The molecule has 0 unspecified atom stereocenters. The monoisotopic (exact) mass is 490 g/mol. The lowest BCUT2D eigenvalue weighted by molar-refractivity contribution is -0.144. The molecular weight excluding hydrogens is 464 g/mol. The van der Waals surface area contributed by atoms with Crippen molar-refractivity contribution in [1.82, 2.24) is 10.9 Å².